The van der Waals surface area contributed by atoms with Gasteiger partial charge < -0.3 is 10.1 Å². The zero-order valence-corrected chi connectivity index (χ0v) is 17.3. The van der Waals surface area contributed by atoms with Crippen LogP contribution in [-0.2, 0) is 11.3 Å². The van der Waals surface area contributed by atoms with Crippen LogP contribution < -0.4 is 5.32 Å². The Morgan fingerprint density at radius 3 is 2.47 bits per heavy atom. The summed E-state index contributed by atoms with van der Waals surface area (Å²) in [6, 6.07) is 16.6. The van der Waals surface area contributed by atoms with Crippen LogP contribution in [0.15, 0.2) is 60.9 Å². The first kappa shape index (κ1) is 19.8. The van der Waals surface area contributed by atoms with Gasteiger partial charge in [0.25, 0.3) is 0 Å². The van der Waals surface area contributed by atoms with Crippen LogP contribution in [0.4, 0.5) is 4.79 Å². The van der Waals surface area contributed by atoms with Crippen molar-refractivity contribution >= 4 is 6.09 Å². The summed E-state index contributed by atoms with van der Waals surface area (Å²) >= 11 is 0. The van der Waals surface area contributed by atoms with Gasteiger partial charge >= 0.3 is 6.09 Å². The van der Waals surface area contributed by atoms with Gasteiger partial charge in [-0.1, -0.05) is 74.2 Å². The first-order valence-corrected chi connectivity index (χ1v) is 10.2. The van der Waals surface area contributed by atoms with Crippen LogP contribution in [0.1, 0.15) is 36.5 Å². The zero-order valence-electron chi connectivity index (χ0n) is 17.3. The number of hydrogen-bond acceptors (Lipinski definition) is 3. The van der Waals surface area contributed by atoms with E-state index in [0.29, 0.717) is 12.5 Å². The predicted molar refractivity (Wildman–Crippen MR) is 117 cm³/mol. The van der Waals surface area contributed by atoms with Gasteiger partial charge in [0.1, 0.15) is 6.61 Å². The lowest BCUT2D eigenvalue weighted by Crippen LogP contribution is -2.26. The molecule has 3 aromatic rings. The largest absolute Gasteiger partial charge is 0.449 e. The minimum atomic E-state index is -0.457. The lowest BCUT2D eigenvalue weighted by atomic mass is 9.98. The summed E-state index contributed by atoms with van der Waals surface area (Å²) in [4.78, 5) is 12.1. The molecule has 0 saturated heterocycles. The standard InChI is InChI=1S/C25H25N3O2/c1-18(2)15-28-16-19(14-27-28)8-7-13-26-25(29)30-17-24-22-11-5-3-9-20(22)21-10-4-6-12-23(21)24/h3-6,9-12,14,16,18,24H,13,15,17H2,1-2H3,(H,26,29). The van der Waals surface area contributed by atoms with Gasteiger partial charge in [-0.05, 0) is 28.2 Å². The molecule has 5 heteroatoms. The third kappa shape index (κ3) is 4.38. The van der Waals surface area contributed by atoms with Crippen LogP contribution in [0.2, 0.25) is 0 Å². The summed E-state index contributed by atoms with van der Waals surface area (Å²) in [5.41, 5.74) is 5.66. The second kappa shape index (κ2) is 8.87. The number of carbonyl (C=O) groups excluding carboxylic acids is 1. The average Bonchev–Trinajstić information content (AvgIpc) is 3.31. The Labute approximate surface area is 177 Å². The van der Waals surface area contributed by atoms with E-state index in [9.17, 15) is 4.79 Å². The molecule has 0 spiro atoms. The van der Waals surface area contributed by atoms with Crippen LogP contribution in [0, 0.1) is 17.8 Å². The summed E-state index contributed by atoms with van der Waals surface area (Å²) < 4.78 is 7.39. The van der Waals surface area contributed by atoms with Crippen molar-refractivity contribution in [1.82, 2.24) is 15.1 Å². The van der Waals surface area contributed by atoms with Gasteiger partial charge in [-0.2, -0.15) is 5.10 Å². The Kier molecular flexibility index (Phi) is 5.85. The molecule has 1 amide bonds. The molecule has 0 radical (unpaired) electrons. The van der Waals surface area contributed by atoms with Crippen LogP contribution >= 0.6 is 0 Å². The Hall–Kier alpha value is -3.52. The van der Waals surface area contributed by atoms with Gasteiger partial charge in [-0.3, -0.25) is 4.68 Å². The molecule has 0 bridgehead atoms. The topological polar surface area (TPSA) is 56.2 Å². The van der Waals surface area contributed by atoms with Crippen molar-refractivity contribution < 1.29 is 9.53 Å². The lowest BCUT2D eigenvalue weighted by molar-refractivity contribution is 0.144. The molecular formula is C25H25N3O2. The van der Waals surface area contributed by atoms with Crippen molar-refractivity contribution in [3.8, 4) is 23.0 Å². The molecule has 0 unspecified atom stereocenters. The van der Waals surface area contributed by atoms with E-state index >= 15 is 0 Å². The number of ether oxygens (including phenoxy) is 1. The molecule has 2 aromatic carbocycles. The molecule has 0 fully saturated rings. The minimum Gasteiger partial charge on any atom is -0.449 e. The quantitative estimate of drug-likeness (QED) is 0.646. The number of benzene rings is 2. The lowest BCUT2D eigenvalue weighted by Gasteiger charge is -2.14. The number of rotatable bonds is 5. The van der Waals surface area contributed by atoms with Crippen LogP contribution in [0.25, 0.3) is 11.1 Å². The summed E-state index contributed by atoms with van der Waals surface area (Å²) in [6.45, 7) is 5.68. The molecule has 1 N–H and O–H groups in total. The van der Waals surface area contributed by atoms with E-state index in [-0.39, 0.29) is 12.5 Å². The van der Waals surface area contributed by atoms with Gasteiger partial charge in [0.15, 0.2) is 0 Å². The fourth-order valence-corrected chi connectivity index (χ4v) is 3.81. The molecule has 4 rings (SSSR count). The molecule has 1 aliphatic rings. The second-order valence-electron chi connectivity index (χ2n) is 7.83. The molecule has 152 valence electrons. The molecule has 1 aliphatic carbocycles. The Morgan fingerprint density at radius 1 is 1.13 bits per heavy atom. The van der Waals surface area contributed by atoms with Gasteiger partial charge in [0.05, 0.1) is 18.3 Å². The van der Waals surface area contributed by atoms with E-state index in [1.165, 1.54) is 22.3 Å². The molecule has 5 nitrogen and oxygen atoms in total. The first-order valence-electron chi connectivity index (χ1n) is 10.2. The molecule has 0 aliphatic heterocycles. The SMILES string of the molecule is CC(C)Cn1cc(C#CCNC(=O)OCC2c3ccccc3-c3ccccc32)cn1. The summed E-state index contributed by atoms with van der Waals surface area (Å²) in [5, 5.41) is 6.98. The molecule has 0 atom stereocenters. The number of aromatic nitrogens is 2. The predicted octanol–water partition coefficient (Wildman–Crippen LogP) is 4.43. The zero-order chi connectivity index (χ0) is 20.9. The van der Waals surface area contributed by atoms with E-state index < -0.39 is 6.09 Å². The number of nitrogens with zero attached hydrogens (tertiary/aromatic N) is 2. The fourth-order valence-electron chi connectivity index (χ4n) is 3.81. The van der Waals surface area contributed by atoms with Crippen LogP contribution in [0.5, 0.6) is 0 Å². The third-order valence-corrected chi connectivity index (χ3v) is 5.08. The number of fused-ring (bicyclic) bond motifs is 3. The molecular weight excluding hydrogens is 374 g/mol. The monoisotopic (exact) mass is 399 g/mol. The molecule has 0 saturated carbocycles. The van der Waals surface area contributed by atoms with Crippen molar-refractivity contribution in [2.45, 2.75) is 26.3 Å². The van der Waals surface area contributed by atoms with Crippen LogP contribution in [-0.4, -0.2) is 29.0 Å². The molecule has 30 heavy (non-hydrogen) atoms. The molecule has 1 aromatic heterocycles. The van der Waals surface area contributed by atoms with E-state index in [0.717, 1.165) is 12.1 Å². The third-order valence-electron chi connectivity index (χ3n) is 5.08. The van der Waals surface area contributed by atoms with E-state index in [1.807, 2.05) is 35.1 Å². The average molecular weight is 399 g/mol. The van der Waals surface area contributed by atoms with Crippen LogP contribution in [0.3, 0.4) is 0 Å². The van der Waals surface area contributed by atoms with Crippen molar-refractivity contribution in [1.29, 1.82) is 0 Å². The maximum absolute atomic E-state index is 12.1. The second-order valence-corrected chi connectivity index (χ2v) is 7.83. The summed E-state index contributed by atoms with van der Waals surface area (Å²) in [6.07, 6.45) is 3.20. The van der Waals surface area contributed by atoms with Gasteiger partial charge in [0, 0.05) is 18.7 Å². The van der Waals surface area contributed by atoms with Gasteiger partial charge in [-0.15, -0.1) is 0 Å². The Balaban J connectivity index is 1.30. The van der Waals surface area contributed by atoms with E-state index in [2.05, 4.69) is 60.4 Å². The van der Waals surface area contributed by atoms with E-state index in [1.54, 1.807) is 6.20 Å². The highest BCUT2D eigenvalue weighted by molar-refractivity contribution is 5.79. The van der Waals surface area contributed by atoms with Crippen molar-refractivity contribution in [2.24, 2.45) is 5.92 Å². The minimum absolute atomic E-state index is 0.0565. The highest BCUT2D eigenvalue weighted by atomic mass is 16.5. The maximum Gasteiger partial charge on any atom is 0.407 e. The van der Waals surface area contributed by atoms with Crippen molar-refractivity contribution in [2.75, 3.05) is 13.2 Å². The number of hydrogen-bond donors (Lipinski definition) is 1. The first-order chi connectivity index (χ1) is 14.6. The Morgan fingerprint density at radius 2 is 1.80 bits per heavy atom. The van der Waals surface area contributed by atoms with Gasteiger partial charge in [0.2, 0.25) is 0 Å². The normalized spacial score (nSPS) is 12.1. The number of carbonyl (C=O) groups is 1. The van der Waals surface area contributed by atoms with Crippen molar-refractivity contribution in [3.05, 3.63) is 77.6 Å². The number of amides is 1. The fraction of sp³-hybridized carbons (Fsp3) is 0.280. The summed E-state index contributed by atoms with van der Waals surface area (Å²) in [7, 11) is 0. The summed E-state index contributed by atoms with van der Waals surface area (Å²) in [5.74, 6) is 6.54. The molecule has 1 heterocycles. The maximum atomic E-state index is 12.1. The Bertz CT molecular complexity index is 1060. The smallest absolute Gasteiger partial charge is 0.407 e. The van der Waals surface area contributed by atoms with Gasteiger partial charge in [-0.25, -0.2) is 4.79 Å². The number of alkyl carbamates (subject to hydrolysis) is 1. The number of nitrogens with one attached hydrogen (secondary N) is 1. The van der Waals surface area contributed by atoms with E-state index in [4.69, 9.17) is 4.74 Å². The highest BCUT2D eigenvalue weighted by Crippen LogP contribution is 2.44. The highest BCUT2D eigenvalue weighted by Gasteiger charge is 2.28. The van der Waals surface area contributed by atoms with Crippen molar-refractivity contribution in [3.63, 3.8) is 0 Å².